The summed E-state index contributed by atoms with van der Waals surface area (Å²) in [5.74, 6) is -1.97. The van der Waals surface area contributed by atoms with Gasteiger partial charge < -0.3 is 13.9 Å². The molecule has 0 fully saturated rings. The van der Waals surface area contributed by atoms with Gasteiger partial charge in [-0.25, -0.2) is 14.6 Å². The van der Waals surface area contributed by atoms with Gasteiger partial charge in [-0.1, -0.05) is 0 Å². The molecular formula is C12H8N2O5. The minimum atomic E-state index is -1.19. The number of rotatable bonds is 3. The van der Waals surface area contributed by atoms with Crippen LogP contribution in [0.3, 0.4) is 0 Å². The van der Waals surface area contributed by atoms with Gasteiger partial charge in [0, 0.05) is 11.8 Å². The van der Waals surface area contributed by atoms with E-state index in [0.29, 0.717) is 16.8 Å². The summed E-state index contributed by atoms with van der Waals surface area (Å²) in [7, 11) is 0. The molecule has 3 aromatic heterocycles. The number of aromatic nitrogens is 2. The summed E-state index contributed by atoms with van der Waals surface area (Å²) in [5, 5.41) is 8.95. The number of pyridine rings is 1. The summed E-state index contributed by atoms with van der Waals surface area (Å²) in [6.07, 6.45) is 2.79. The Balaban J connectivity index is 2.11. The molecule has 7 nitrogen and oxygen atoms in total. The Kier molecular flexibility index (Phi) is 2.45. The number of nitrogens with zero attached hydrogens (tertiary/aromatic N) is 2. The number of hydrogen-bond acceptors (Lipinski definition) is 5. The summed E-state index contributed by atoms with van der Waals surface area (Å²) in [6.45, 7) is 0.0287. The maximum absolute atomic E-state index is 11.7. The SMILES string of the molecule is O=C(O)c1occc1Cn1c(=O)oc2cccnc21. The van der Waals surface area contributed by atoms with Gasteiger partial charge in [0.05, 0.1) is 12.8 Å². The molecule has 0 spiro atoms. The van der Waals surface area contributed by atoms with Crippen molar-refractivity contribution >= 4 is 17.2 Å². The number of aromatic carboxylic acids is 1. The van der Waals surface area contributed by atoms with E-state index >= 15 is 0 Å². The van der Waals surface area contributed by atoms with Gasteiger partial charge in [-0.3, -0.25) is 4.57 Å². The number of oxazole rings is 1. The maximum Gasteiger partial charge on any atom is 0.421 e. The molecule has 0 aromatic carbocycles. The standard InChI is InChI=1S/C12H8N2O5/c15-11(16)9-7(3-5-18-9)6-14-10-8(19-12(14)17)2-1-4-13-10/h1-5H,6H2,(H,15,16). The monoisotopic (exact) mass is 260 g/mol. The van der Waals surface area contributed by atoms with Gasteiger partial charge >= 0.3 is 11.7 Å². The van der Waals surface area contributed by atoms with Gasteiger partial charge in [0.2, 0.25) is 5.76 Å². The first-order chi connectivity index (χ1) is 9.16. The van der Waals surface area contributed by atoms with E-state index in [0.717, 1.165) is 0 Å². The molecule has 0 bridgehead atoms. The molecule has 3 rings (SSSR count). The van der Waals surface area contributed by atoms with E-state index in [9.17, 15) is 9.59 Å². The molecule has 3 aromatic rings. The van der Waals surface area contributed by atoms with Crippen LogP contribution in [0.5, 0.6) is 0 Å². The topological polar surface area (TPSA) is 98.5 Å². The molecule has 1 N–H and O–H groups in total. The smallest absolute Gasteiger partial charge is 0.421 e. The maximum atomic E-state index is 11.7. The number of furan rings is 1. The Hall–Kier alpha value is -2.83. The normalized spacial score (nSPS) is 10.9. The van der Waals surface area contributed by atoms with Crippen LogP contribution in [-0.4, -0.2) is 20.6 Å². The van der Waals surface area contributed by atoms with Crippen molar-refractivity contribution in [1.82, 2.24) is 9.55 Å². The molecular weight excluding hydrogens is 252 g/mol. The first-order valence-corrected chi connectivity index (χ1v) is 5.41. The first-order valence-electron chi connectivity index (χ1n) is 5.41. The van der Waals surface area contributed by atoms with E-state index in [1.54, 1.807) is 12.1 Å². The lowest BCUT2D eigenvalue weighted by Gasteiger charge is -1.99. The van der Waals surface area contributed by atoms with Crippen LogP contribution in [-0.2, 0) is 6.54 Å². The molecule has 96 valence electrons. The fraction of sp³-hybridized carbons (Fsp3) is 0.0833. The summed E-state index contributed by atoms with van der Waals surface area (Å²) in [4.78, 5) is 26.7. The van der Waals surface area contributed by atoms with Gasteiger partial charge in [-0.2, -0.15) is 0 Å². The van der Waals surface area contributed by atoms with Crippen LogP contribution < -0.4 is 5.76 Å². The third-order valence-electron chi connectivity index (χ3n) is 2.69. The highest BCUT2D eigenvalue weighted by atomic mass is 16.4. The molecule has 19 heavy (non-hydrogen) atoms. The zero-order chi connectivity index (χ0) is 13.4. The van der Waals surface area contributed by atoms with Crippen molar-refractivity contribution in [1.29, 1.82) is 0 Å². The summed E-state index contributed by atoms with van der Waals surface area (Å²) in [5.41, 5.74) is 1.10. The molecule has 0 aliphatic rings. The van der Waals surface area contributed by atoms with Gasteiger partial charge in [-0.05, 0) is 18.2 Å². The lowest BCUT2D eigenvalue weighted by molar-refractivity contribution is 0.0660. The van der Waals surface area contributed by atoms with Crippen molar-refractivity contribution in [3.8, 4) is 0 Å². The highest BCUT2D eigenvalue weighted by molar-refractivity contribution is 5.86. The van der Waals surface area contributed by atoms with Gasteiger partial charge in [0.1, 0.15) is 0 Å². The first kappa shape index (κ1) is 11.3. The third kappa shape index (κ3) is 1.81. The molecule has 0 unspecified atom stereocenters. The summed E-state index contributed by atoms with van der Waals surface area (Å²) >= 11 is 0. The number of hydrogen-bond donors (Lipinski definition) is 1. The number of carbonyl (C=O) groups is 1. The molecule has 3 heterocycles. The molecule has 0 saturated heterocycles. The quantitative estimate of drug-likeness (QED) is 0.762. The van der Waals surface area contributed by atoms with Gasteiger partial charge in [-0.15, -0.1) is 0 Å². The zero-order valence-corrected chi connectivity index (χ0v) is 9.57. The lowest BCUT2D eigenvalue weighted by Crippen LogP contribution is -2.16. The van der Waals surface area contributed by atoms with E-state index < -0.39 is 11.7 Å². The van der Waals surface area contributed by atoms with Gasteiger partial charge in [0.25, 0.3) is 0 Å². The Morgan fingerprint density at radius 2 is 2.26 bits per heavy atom. The second-order valence-electron chi connectivity index (χ2n) is 3.86. The van der Waals surface area contributed by atoms with Crippen LogP contribution >= 0.6 is 0 Å². The van der Waals surface area contributed by atoms with Crippen LogP contribution in [0.15, 0.2) is 44.3 Å². The second kappa shape index (κ2) is 4.13. The van der Waals surface area contributed by atoms with Crippen LogP contribution in [0.25, 0.3) is 11.2 Å². The van der Waals surface area contributed by atoms with Crippen molar-refractivity contribution < 1.29 is 18.7 Å². The average molecular weight is 260 g/mol. The minimum absolute atomic E-state index is 0.0287. The Labute approximate surface area is 105 Å². The van der Waals surface area contributed by atoms with Crippen LogP contribution in [0.2, 0.25) is 0 Å². The van der Waals surface area contributed by atoms with E-state index in [1.165, 1.54) is 23.1 Å². The Morgan fingerprint density at radius 1 is 1.42 bits per heavy atom. The fourth-order valence-corrected chi connectivity index (χ4v) is 1.86. The predicted molar refractivity (Wildman–Crippen MR) is 63.0 cm³/mol. The van der Waals surface area contributed by atoms with Crippen LogP contribution in [0.4, 0.5) is 0 Å². The highest BCUT2D eigenvalue weighted by Gasteiger charge is 2.17. The highest BCUT2D eigenvalue weighted by Crippen LogP contribution is 2.15. The van der Waals surface area contributed by atoms with Crippen molar-refractivity contribution in [3.05, 3.63) is 52.5 Å². The number of fused-ring (bicyclic) bond motifs is 1. The molecule has 0 amide bonds. The molecule has 0 radical (unpaired) electrons. The molecule has 0 saturated carbocycles. The van der Waals surface area contributed by atoms with Crippen molar-refractivity contribution in [2.75, 3.05) is 0 Å². The van der Waals surface area contributed by atoms with E-state index in [1.807, 2.05) is 0 Å². The van der Waals surface area contributed by atoms with Gasteiger partial charge in [0.15, 0.2) is 11.2 Å². The van der Waals surface area contributed by atoms with E-state index in [4.69, 9.17) is 13.9 Å². The van der Waals surface area contributed by atoms with Crippen LogP contribution in [0.1, 0.15) is 16.1 Å². The molecule has 0 atom stereocenters. The lowest BCUT2D eigenvalue weighted by atomic mass is 10.2. The Morgan fingerprint density at radius 3 is 3.05 bits per heavy atom. The number of carboxylic acids is 1. The van der Waals surface area contributed by atoms with Crippen LogP contribution in [0, 0.1) is 0 Å². The largest absolute Gasteiger partial charge is 0.475 e. The van der Waals surface area contributed by atoms with Crippen molar-refractivity contribution in [3.63, 3.8) is 0 Å². The minimum Gasteiger partial charge on any atom is -0.475 e. The number of carboxylic acid groups (broad SMARTS) is 1. The average Bonchev–Trinajstić information content (AvgIpc) is 2.96. The van der Waals surface area contributed by atoms with E-state index in [-0.39, 0.29) is 12.3 Å². The molecule has 0 aliphatic carbocycles. The molecule has 0 aliphatic heterocycles. The molecule has 7 heteroatoms. The zero-order valence-electron chi connectivity index (χ0n) is 9.57. The van der Waals surface area contributed by atoms with Crippen molar-refractivity contribution in [2.45, 2.75) is 6.54 Å². The predicted octanol–water partition coefficient (Wildman–Crippen LogP) is 1.33. The summed E-state index contributed by atoms with van der Waals surface area (Å²) < 4.78 is 11.1. The van der Waals surface area contributed by atoms with E-state index in [2.05, 4.69) is 4.98 Å². The fourth-order valence-electron chi connectivity index (χ4n) is 1.86. The Bertz CT molecular complexity index is 811. The summed E-state index contributed by atoms with van der Waals surface area (Å²) in [6, 6.07) is 4.77. The van der Waals surface area contributed by atoms with Crippen molar-refractivity contribution in [2.24, 2.45) is 0 Å². The third-order valence-corrected chi connectivity index (χ3v) is 2.69. The second-order valence-corrected chi connectivity index (χ2v) is 3.86.